The zero-order valence-corrected chi connectivity index (χ0v) is 12.0. The predicted octanol–water partition coefficient (Wildman–Crippen LogP) is 3.29. The van der Waals surface area contributed by atoms with Crippen LogP contribution in [0.1, 0.15) is 24.4 Å². The van der Waals surface area contributed by atoms with Gasteiger partial charge in [-0.3, -0.25) is 0 Å². The van der Waals surface area contributed by atoms with Crippen LogP contribution in [0.2, 0.25) is 0 Å². The Balaban J connectivity index is 2.06. The van der Waals surface area contributed by atoms with Gasteiger partial charge in [0.05, 0.1) is 11.0 Å². The molecule has 2 aromatic carbocycles. The number of aromatic nitrogens is 2. The predicted molar refractivity (Wildman–Crippen MR) is 82.7 cm³/mol. The first-order chi connectivity index (χ1) is 10.2. The van der Waals surface area contributed by atoms with Crippen molar-refractivity contribution in [2.45, 2.75) is 19.4 Å². The number of nitrogens with zero attached hydrogens (tertiary/aromatic N) is 2. The van der Waals surface area contributed by atoms with Crippen LogP contribution in [0.5, 0.6) is 0 Å². The van der Waals surface area contributed by atoms with Crippen LogP contribution in [0.15, 0.2) is 48.5 Å². The second-order valence-corrected chi connectivity index (χ2v) is 5.27. The molecule has 0 amide bonds. The Morgan fingerprint density at radius 3 is 2.57 bits per heavy atom. The van der Waals surface area contributed by atoms with Crippen molar-refractivity contribution in [1.82, 2.24) is 9.55 Å². The van der Waals surface area contributed by atoms with Crippen molar-refractivity contribution in [3.8, 4) is 0 Å². The lowest BCUT2D eigenvalue weighted by molar-refractivity contribution is 0.552. The largest absolute Gasteiger partial charge is 0.328 e. The number of rotatable bonds is 4. The van der Waals surface area contributed by atoms with Gasteiger partial charge in [0.1, 0.15) is 11.6 Å². The van der Waals surface area contributed by atoms with Gasteiger partial charge in [-0.15, -0.1) is 0 Å². The Labute approximate surface area is 123 Å². The minimum atomic E-state index is -0.220. The van der Waals surface area contributed by atoms with E-state index in [4.69, 9.17) is 10.7 Å². The molecule has 1 unspecified atom stereocenters. The average molecular weight is 283 g/mol. The molecule has 0 fully saturated rings. The highest BCUT2D eigenvalue weighted by Crippen LogP contribution is 2.22. The van der Waals surface area contributed by atoms with Gasteiger partial charge in [0, 0.05) is 19.0 Å². The quantitative estimate of drug-likeness (QED) is 0.798. The summed E-state index contributed by atoms with van der Waals surface area (Å²) in [6.45, 7) is 2.64. The third-order valence-electron chi connectivity index (χ3n) is 3.73. The second-order valence-electron chi connectivity index (χ2n) is 5.27. The zero-order valence-electron chi connectivity index (χ0n) is 12.0. The normalized spacial score (nSPS) is 12.7. The summed E-state index contributed by atoms with van der Waals surface area (Å²) in [7, 11) is 0. The van der Waals surface area contributed by atoms with Gasteiger partial charge in [-0.2, -0.15) is 0 Å². The summed E-state index contributed by atoms with van der Waals surface area (Å²) in [6, 6.07) is 14.8. The first-order valence-electron chi connectivity index (χ1n) is 7.09. The molecule has 3 aromatic rings. The highest BCUT2D eigenvalue weighted by atomic mass is 19.1. The first kappa shape index (κ1) is 13.8. The van der Waals surface area contributed by atoms with Gasteiger partial charge in [0.2, 0.25) is 0 Å². The minimum Gasteiger partial charge on any atom is -0.328 e. The van der Waals surface area contributed by atoms with E-state index in [1.807, 2.05) is 18.2 Å². The van der Waals surface area contributed by atoms with Gasteiger partial charge in [-0.1, -0.05) is 24.3 Å². The molecule has 0 aliphatic carbocycles. The number of nitrogens with two attached hydrogens (primary N) is 1. The summed E-state index contributed by atoms with van der Waals surface area (Å²) in [4.78, 5) is 4.71. The van der Waals surface area contributed by atoms with E-state index in [1.165, 1.54) is 12.1 Å². The van der Waals surface area contributed by atoms with Crippen molar-refractivity contribution >= 4 is 11.0 Å². The standard InChI is InChI=1S/C17H18FN3/c1-12(11-19)21-16-5-3-2-4-15(16)20-17(21)10-13-6-8-14(18)9-7-13/h2-9,12H,10-11,19H2,1H3. The SMILES string of the molecule is CC(CN)n1c(Cc2ccc(F)cc2)nc2ccccc21. The molecule has 0 aliphatic heterocycles. The molecule has 2 N–H and O–H groups in total. The average Bonchev–Trinajstić information content (AvgIpc) is 2.86. The van der Waals surface area contributed by atoms with Crippen LogP contribution in [0.25, 0.3) is 11.0 Å². The molecular weight excluding hydrogens is 265 g/mol. The molecule has 3 nitrogen and oxygen atoms in total. The molecule has 108 valence electrons. The maximum atomic E-state index is 13.0. The Hall–Kier alpha value is -2.20. The summed E-state index contributed by atoms with van der Waals surface area (Å²) in [5, 5.41) is 0. The molecule has 0 radical (unpaired) electrons. The fourth-order valence-corrected chi connectivity index (χ4v) is 2.60. The maximum absolute atomic E-state index is 13.0. The molecule has 0 saturated heterocycles. The second kappa shape index (κ2) is 5.66. The van der Waals surface area contributed by atoms with E-state index in [9.17, 15) is 4.39 Å². The number of fused-ring (bicyclic) bond motifs is 1. The fraction of sp³-hybridized carbons (Fsp3) is 0.235. The number of para-hydroxylation sites is 2. The summed E-state index contributed by atoms with van der Waals surface area (Å²) in [6.07, 6.45) is 0.666. The molecule has 1 atom stereocenters. The van der Waals surface area contributed by atoms with E-state index in [2.05, 4.69) is 17.6 Å². The van der Waals surface area contributed by atoms with Crippen molar-refractivity contribution in [3.63, 3.8) is 0 Å². The van der Waals surface area contributed by atoms with E-state index in [1.54, 1.807) is 12.1 Å². The van der Waals surface area contributed by atoms with Crippen molar-refractivity contribution in [2.75, 3.05) is 6.54 Å². The molecule has 0 saturated carbocycles. The monoisotopic (exact) mass is 283 g/mol. The van der Waals surface area contributed by atoms with Crippen LogP contribution in [0, 0.1) is 5.82 Å². The smallest absolute Gasteiger partial charge is 0.123 e. The van der Waals surface area contributed by atoms with Crippen LogP contribution in [0.3, 0.4) is 0 Å². The third-order valence-corrected chi connectivity index (χ3v) is 3.73. The van der Waals surface area contributed by atoms with Gasteiger partial charge < -0.3 is 10.3 Å². The molecule has 4 heteroatoms. The maximum Gasteiger partial charge on any atom is 0.123 e. The highest BCUT2D eigenvalue weighted by molar-refractivity contribution is 5.76. The van der Waals surface area contributed by atoms with Crippen molar-refractivity contribution in [1.29, 1.82) is 0 Å². The highest BCUT2D eigenvalue weighted by Gasteiger charge is 2.14. The molecule has 3 rings (SSSR count). The summed E-state index contributed by atoms with van der Waals surface area (Å²) >= 11 is 0. The molecular formula is C17H18FN3. The number of hydrogen-bond acceptors (Lipinski definition) is 2. The Morgan fingerprint density at radius 2 is 1.86 bits per heavy atom. The lowest BCUT2D eigenvalue weighted by Gasteiger charge is -2.15. The molecule has 1 heterocycles. The summed E-state index contributed by atoms with van der Waals surface area (Å²) < 4.78 is 15.2. The Kier molecular flexibility index (Phi) is 3.71. The molecule has 1 aromatic heterocycles. The lowest BCUT2D eigenvalue weighted by atomic mass is 10.1. The van der Waals surface area contributed by atoms with Crippen LogP contribution in [0.4, 0.5) is 4.39 Å². The fourth-order valence-electron chi connectivity index (χ4n) is 2.60. The van der Waals surface area contributed by atoms with Gasteiger partial charge >= 0.3 is 0 Å². The molecule has 21 heavy (non-hydrogen) atoms. The number of hydrogen-bond donors (Lipinski definition) is 1. The van der Waals surface area contributed by atoms with Crippen molar-refractivity contribution in [3.05, 3.63) is 65.7 Å². The molecule has 0 aliphatic rings. The summed E-state index contributed by atoms with van der Waals surface area (Å²) in [5.74, 6) is 0.739. The molecule has 0 spiro atoms. The van der Waals surface area contributed by atoms with Crippen LogP contribution in [-0.4, -0.2) is 16.1 Å². The van der Waals surface area contributed by atoms with Crippen molar-refractivity contribution in [2.24, 2.45) is 5.73 Å². The van der Waals surface area contributed by atoms with Crippen LogP contribution >= 0.6 is 0 Å². The van der Waals surface area contributed by atoms with Crippen molar-refractivity contribution < 1.29 is 4.39 Å². The lowest BCUT2D eigenvalue weighted by Crippen LogP contribution is -2.18. The number of halogens is 1. The molecule has 0 bridgehead atoms. The topological polar surface area (TPSA) is 43.8 Å². The Morgan fingerprint density at radius 1 is 1.14 bits per heavy atom. The van der Waals surface area contributed by atoms with Gasteiger partial charge in [0.15, 0.2) is 0 Å². The van der Waals surface area contributed by atoms with Gasteiger partial charge in [-0.25, -0.2) is 9.37 Å². The minimum absolute atomic E-state index is 0.174. The van der Waals surface area contributed by atoms with E-state index in [-0.39, 0.29) is 11.9 Å². The van der Waals surface area contributed by atoms with Gasteiger partial charge in [0.25, 0.3) is 0 Å². The van der Waals surface area contributed by atoms with Crippen LogP contribution in [-0.2, 0) is 6.42 Å². The number of benzene rings is 2. The third kappa shape index (κ3) is 2.67. The summed E-state index contributed by atoms with van der Waals surface area (Å²) in [5.41, 5.74) is 8.94. The van der Waals surface area contributed by atoms with E-state index < -0.39 is 0 Å². The first-order valence-corrected chi connectivity index (χ1v) is 7.09. The van der Waals surface area contributed by atoms with Gasteiger partial charge in [-0.05, 0) is 36.8 Å². The van der Waals surface area contributed by atoms with Crippen LogP contribution < -0.4 is 5.73 Å². The number of imidazole rings is 1. The van der Waals surface area contributed by atoms with E-state index in [0.717, 1.165) is 22.4 Å². The zero-order chi connectivity index (χ0) is 14.8. The van der Waals surface area contributed by atoms with E-state index >= 15 is 0 Å². The van der Waals surface area contributed by atoms with E-state index in [0.29, 0.717) is 13.0 Å². The Bertz CT molecular complexity index is 746.